The molecule has 3 nitrogen and oxygen atoms in total. The SMILES string of the molecule is CC(N)CCNC(=O)CC(C)c1ccccc1F. The van der Waals surface area contributed by atoms with Gasteiger partial charge in [0.15, 0.2) is 0 Å². The molecule has 1 aromatic carbocycles. The molecule has 1 amide bonds. The summed E-state index contributed by atoms with van der Waals surface area (Å²) in [7, 11) is 0. The number of halogens is 1. The molecule has 0 bridgehead atoms. The number of hydrogen-bond donors (Lipinski definition) is 2. The first kappa shape index (κ1) is 14.6. The van der Waals surface area contributed by atoms with E-state index in [1.54, 1.807) is 18.2 Å². The van der Waals surface area contributed by atoms with Crippen LogP contribution in [0.1, 0.15) is 38.2 Å². The van der Waals surface area contributed by atoms with E-state index in [1.807, 2.05) is 13.8 Å². The van der Waals surface area contributed by atoms with Crippen LogP contribution < -0.4 is 11.1 Å². The van der Waals surface area contributed by atoms with Crippen LogP contribution in [-0.2, 0) is 4.79 Å². The normalized spacial score (nSPS) is 14.0. The number of nitrogens with one attached hydrogen (secondary N) is 1. The van der Waals surface area contributed by atoms with Crippen LogP contribution in [-0.4, -0.2) is 18.5 Å². The summed E-state index contributed by atoms with van der Waals surface area (Å²) < 4.78 is 13.5. The van der Waals surface area contributed by atoms with Gasteiger partial charge >= 0.3 is 0 Å². The van der Waals surface area contributed by atoms with Crippen molar-refractivity contribution < 1.29 is 9.18 Å². The van der Waals surface area contributed by atoms with E-state index in [9.17, 15) is 9.18 Å². The van der Waals surface area contributed by atoms with Crippen molar-refractivity contribution >= 4 is 5.91 Å². The molecule has 3 N–H and O–H groups in total. The van der Waals surface area contributed by atoms with Gasteiger partial charge in [-0.25, -0.2) is 4.39 Å². The molecule has 0 spiro atoms. The number of benzene rings is 1. The van der Waals surface area contributed by atoms with Crippen molar-refractivity contribution in [1.29, 1.82) is 0 Å². The Bertz CT molecular complexity index is 393. The molecule has 18 heavy (non-hydrogen) atoms. The molecule has 2 atom stereocenters. The van der Waals surface area contributed by atoms with E-state index in [0.29, 0.717) is 18.5 Å². The topological polar surface area (TPSA) is 55.1 Å². The van der Waals surface area contributed by atoms with E-state index < -0.39 is 0 Å². The fraction of sp³-hybridized carbons (Fsp3) is 0.500. The molecule has 0 heterocycles. The molecular formula is C14H21FN2O. The molecule has 0 saturated heterocycles. The van der Waals surface area contributed by atoms with Gasteiger partial charge in [-0.05, 0) is 30.9 Å². The van der Waals surface area contributed by atoms with E-state index in [2.05, 4.69) is 5.32 Å². The highest BCUT2D eigenvalue weighted by molar-refractivity contribution is 5.76. The van der Waals surface area contributed by atoms with Crippen molar-refractivity contribution in [2.45, 2.75) is 38.6 Å². The molecular weight excluding hydrogens is 231 g/mol. The third-order valence-electron chi connectivity index (χ3n) is 2.85. The zero-order chi connectivity index (χ0) is 13.5. The maximum absolute atomic E-state index is 13.5. The second-order valence-corrected chi connectivity index (χ2v) is 4.74. The molecule has 2 unspecified atom stereocenters. The van der Waals surface area contributed by atoms with E-state index in [4.69, 9.17) is 5.73 Å². The highest BCUT2D eigenvalue weighted by atomic mass is 19.1. The summed E-state index contributed by atoms with van der Waals surface area (Å²) in [4.78, 5) is 11.6. The van der Waals surface area contributed by atoms with Gasteiger partial charge in [-0.3, -0.25) is 4.79 Å². The number of carbonyl (C=O) groups is 1. The van der Waals surface area contributed by atoms with Gasteiger partial charge in [-0.15, -0.1) is 0 Å². The number of rotatable bonds is 6. The predicted octanol–water partition coefficient (Wildman–Crippen LogP) is 2.17. The van der Waals surface area contributed by atoms with Gasteiger partial charge in [-0.2, -0.15) is 0 Å². The number of carbonyl (C=O) groups excluding carboxylic acids is 1. The fourth-order valence-electron chi connectivity index (χ4n) is 1.77. The van der Waals surface area contributed by atoms with Crippen LogP contribution in [0.15, 0.2) is 24.3 Å². The van der Waals surface area contributed by atoms with Crippen molar-refractivity contribution in [2.24, 2.45) is 5.73 Å². The Kier molecular flexibility index (Phi) is 5.78. The summed E-state index contributed by atoms with van der Waals surface area (Å²) in [6.07, 6.45) is 1.04. The number of nitrogens with two attached hydrogens (primary N) is 1. The predicted molar refractivity (Wildman–Crippen MR) is 70.7 cm³/mol. The summed E-state index contributed by atoms with van der Waals surface area (Å²) in [5, 5.41) is 2.79. The smallest absolute Gasteiger partial charge is 0.220 e. The van der Waals surface area contributed by atoms with Crippen molar-refractivity contribution in [3.8, 4) is 0 Å². The Labute approximate surface area is 108 Å². The lowest BCUT2D eigenvalue weighted by molar-refractivity contribution is -0.121. The molecule has 1 aromatic rings. The van der Waals surface area contributed by atoms with Crippen molar-refractivity contribution in [3.05, 3.63) is 35.6 Å². The summed E-state index contributed by atoms with van der Waals surface area (Å²) in [6.45, 7) is 4.32. The lowest BCUT2D eigenvalue weighted by Gasteiger charge is -2.13. The van der Waals surface area contributed by atoms with Crippen LogP contribution in [0, 0.1) is 5.82 Å². The molecule has 0 aliphatic carbocycles. The van der Waals surface area contributed by atoms with E-state index in [-0.39, 0.29) is 23.7 Å². The highest BCUT2D eigenvalue weighted by Gasteiger charge is 2.14. The molecule has 0 fully saturated rings. The lowest BCUT2D eigenvalue weighted by atomic mass is 9.97. The minimum Gasteiger partial charge on any atom is -0.356 e. The molecule has 100 valence electrons. The average molecular weight is 252 g/mol. The molecule has 0 saturated carbocycles. The molecule has 1 rings (SSSR count). The van der Waals surface area contributed by atoms with Gasteiger partial charge in [0.1, 0.15) is 5.82 Å². The maximum Gasteiger partial charge on any atom is 0.220 e. The molecule has 0 aromatic heterocycles. The van der Waals surface area contributed by atoms with E-state index >= 15 is 0 Å². The van der Waals surface area contributed by atoms with Gasteiger partial charge in [-0.1, -0.05) is 25.1 Å². The van der Waals surface area contributed by atoms with Gasteiger partial charge in [0.25, 0.3) is 0 Å². The Morgan fingerprint density at radius 2 is 2.06 bits per heavy atom. The number of hydrogen-bond acceptors (Lipinski definition) is 2. The Morgan fingerprint density at radius 1 is 1.39 bits per heavy atom. The van der Waals surface area contributed by atoms with Crippen molar-refractivity contribution in [1.82, 2.24) is 5.32 Å². The van der Waals surface area contributed by atoms with Crippen molar-refractivity contribution in [2.75, 3.05) is 6.54 Å². The highest BCUT2D eigenvalue weighted by Crippen LogP contribution is 2.21. The first-order valence-electron chi connectivity index (χ1n) is 6.27. The molecule has 0 radical (unpaired) electrons. The van der Waals surface area contributed by atoms with Gasteiger partial charge in [0, 0.05) is 19.0 Å². The second kappa shape index (κ2) is 7.11. The van der Waals surface area contributed by atoms with Crippen LogP contribution in [0.25, 0.3) is 0 Å². The van der Waals surface area contributed by atoms with Crippen LogP contribution in [0.2, 0.25) is 0 Å². The van der Waals surface area contributed by atoms with Crippen LogP contribution in [0.4, 0.5) is 4.39 Å². The minimum atomic E-state index is -0.256. The van der Waals surface area contributed by atoms with E-state index in [1.165, 1.54) is 6.07 Å². The summed E-state index contributed by atoms with van der Waals surface area (Å²) >= 11 is 0. The summed E-state index contributed by atoms with van der Waals surface area (Å²) in [5.41, 5.74) is 6.17. The monoisotopic (exact) mass is 252 g/mol. The van der Waals surface area contributed by atoms with E-state index in [0.717, 1.165) is 6.42 Å². The van der Waals surface area contributed by atoms with Gasteiger partial charge in [0.2, 0.25) is 5.91 Å². The van der Waals surface area contributed by atoms with Crippen molar-refractivity contribution in [3.63, 3.8) is 0 Å². The number of amides is 1. The van der Waals surface area contributed by atoms with Crippen LogP contribution in [0.5, 0.6) is 0 Å². The maximum atomic E-state index is 13.5. The zero-order valence-corrected chi connectivity index (χ0v) is 10.9. The largest absolute Gasteiger partial charge is 0.356 e. The lowest BCUT2D eigenvalue weighted by Crippen LogP contribution is -2.29. The third kappa shape index (κ3) is 4.84. The zero-order valence-electron chi connectivity index (χ0n) is 10.9. The van der Waals surface area contributed by atoms with Crippen LogP contribution >= 0.6 is 0 Å². The average Bonchev–Trinajstić information content (AvgIpc) is 2.28. The van der Waals surface area contributed by atoms with Gasteiger partial charge in [0.05, 0.1) is 0 Å². The quantitative estimate of drug-likeness (QED) is 0.815. The first-order valence-corrected chi connectivity index (χ1v) is 6.27. The minimum absolute atomic E-state index is 0.0635. The standard InChI is InChI=1S/C14H21FN2O/c1-10(12-5-3-4-6-13(12)15)9-14(18)17-8-7-11(2)16/h3-6,10-11H,7-9,16H2,1-2H3,(H,17,18). The van der Waals surface area contributed by atoms with Crippen LogP contribution in [0.3, 0.4) is 0 Å². The second-order valence-electron chi connectivity index (χ2n) is 4.74. The molecule has 4 heteroatoms. The summed E-state index contributed by atoms with van der Waals surface area (Å²) in [5.74, 6) is -0.443. The van der Waals surface area contributed by atoms with Gasteiger partial charge < -0.3 is 11.1 Å². The molecule has 0 aliphatic heterocycles. The summed E-state index contributed by atoms with van der Waals surface area (Å²) in [6, 6.07) is 6.64. The third-order valence-corrected chi connectivity index (χ3v) is 2.85. The fourth-order valence-corrected chi connectivity index (χ4v) is 1.77. The molecule has 0 aliphatic rings. The Balaban J connectivity index is 2.42. The first-order chi connectivity index (χ1) is 8.50. The Hall–Kier alpha value is -1.42. The Morgan fingerprint density at radius 3 is 2.67 bits per heavy atom.